The molecule has 0 aliphatic carbocycles. The van der Waals surface area contributed by atoms with Gasteiger partial charge in [0.25, 0.3) is 5.91 Å². The van der Waals surface area contributed by atoms with Gasteiger partial charge in [0.05, 0.1) is 12.3 Å². The lowest BCUT2D eigenvalue weighted by Gasteiger charge is -2.05. The maximum atomic E-state index is 12.6. The van der Waals surface area contributed by atoms with Crippen molar-refractivity contribution in [2.75, 3.05) is 5.73 Å². The third-order valence-electron chi connectivity index (χ3n) is 3.78. The highest BCUT2D eigenvalue weighted by atomic mass is 16.6. The number of nitro groups is 1. The lowest BCUT2D eigenvalue weighted by Crippen LogP contribution is -2.19. The number of hydrogen-bond donors (Lipinski definition) is 2. The summed E-state index contributed by atoms with van der Waals surface area (Å²) in [5.41, 5.74) is 8.80. The largest absolute Gasteiger partial charge is 0.433 e. The number of amides is 1. The molecule has 4 aromatic rings. The summed E-state index contributed by atoms with van der Waals surface area (Å²) < 4.78 is 10.7. The summed E-state index contributed by atoms with van der Waals surface area (Å²) in [5, 5.41) is 29.4. The number of anilines is 1. The van der Waals surface area contributed by atoms with Crippen molar-refractivity contribution in [2.24, 2.45) is 5.10 Å². The molecule has 3 N–H and O–H groups in total. The van der Waals surface area contributed by atoms with Crippen LogP contribution in [0.2, 0.25) is 0 Å². The van der Waals surface area contributed by atoms with Gasteiger partial charge in [-0.1, -0.05) is 35.5 Å². The van der Waals surface area contributed by atoms with E-state index in [9.17, 15) is 14.9 Å². The van der Waals surface area contributed by atoms with Gasteiger partial charge in [0.1, 0.15) is 10.6 Å². The van der Waals surface area contributed by atoms with E-state index < -0.39 is 16.7 Å². The van der Waals surface area contributed by atoms with Gasteiger partial charge in [0.2, 0.25) is 11.6 Å². The van der Waals surface area contributed by atoms with E-state index in [0.717, 1.165) is 6.21 Å². The van der Waals surface area contributed by atoms with Crippen LogP contribution in [0.5, 0.6) is 0 Å². The van der Waals surface area contributed by atoms with Crippen molar-refractivity contribution in [2.45, 2.75) is 0 Å². The molecule has 0 saturated heterocycles. The molecule has 0 unspecified atom stereocenters. The summed E-state index contributed by atoms with van der Waals surface area (Å²) in [6.07, 6.45) is 1.11. The van der Waals surface area contributed by atoms with E-state index >= 15 is 0 Å². The lowest BCUT2D eigenvalue weighted by atomic mass is 10.1. The standard InChI is InChI=1S/C16H11N9O5/c17-14-15(22-30-21-14)24-13(9-4-2-1-3-5-9)12(19-23-24)16(26)20-18-8-10-6-7-11(29-10)25(27)28/h1-8H,(H2,17,21)(H,20,26). The van der Waals surface area contributed by atoms with Gasteiger partial charge in [-0.3, -0.25) is 14.9 Å². The third kappa shape index (κ3) is 3.47. The molecule has 0 aliphatic rings. The van der Waals surface area contributed by atoms with Gasteiger partial charge < -0.3 is 10.2 Å². The summed E-state index contributed by atoms with van der Waals surface area (Å²) >= 11 is 0. The zero-order valence-electron chi connectivity index (χ0n) is 14.9. The fourth-order valence-corrected chi connectivity index (χ4v) is 2.49. The van der Waals surface area contributed by atoms with E-state index in [0.29, 0.717) is 5.56 Å². The molecule has 0 atom stereocenters. The molecule has 3 aromatic heterocycles. The van der Waals surface area contributed by atoms with E-state index in [1.165, 1.54) is 16.8 Å². The molecule has 0 spiro atoms. The molecule has 14 nitrogen and oxygen atoms in total. The molecule has 0 saturated carbocycles. The average molecular weight is 409 g/mol. The number of nitrogens with zero attached hydrogens (tertiary/aromatic N) is 7. The van der Waals surface area contributed by atoms with Crippen LogP contribution in [0.1, 0.15) is 16.2 Å². The minimum atomic E-state index is -0.701. The first-order valence-electron chi connectivity index (χ1n) is 8.21. The number of nitrogen functional groups attached to an aromatic ring is 1. The van der Waals surface area contributed by atoms with Gasteiger partial charge in [-0.05, 0) is 16.4 Å². The zero-order chi connectivity index (χ0) is 21.1. The molecule has 0 aliphatic heterocycles. The van der Waals surface area contributed by atoms with Gasteiger partial charge in [0.15, 0.2) is 11.5 Å². The molecule has 1 aromatic carbocycles. The van der Waals surface area contributed by atoms with Crippen LogP contribution in [0.15, 0.2) is 56.6 Å². The predicted molar refractivity (Wildman–Crippen MR) is 99.5 cm³/mol. The van der Waals surface area contributed by atoms with Crippen LogP contribution in [0.4, 0.5) is 11.7 Å². The molecule has 1 amide bonds. The number of nitrogens with one attached hydrogen (secondary N) is 1. The first-order chi connectivity index (χ1) is 14.5. The first kappa shape index (κ1) is 18.5. The van der Waals surface area contributed by atoms with Crippen molar-refractivity contribution in [1.82, 2.24) is 30.7 Å². The number of benzene rings is 1. The fraction of sp³-hybridized carbons (Fsp3) is 0. The number of carbonyl (C=O) groups is 1. The van der Waals surface area contributed by atoms with Gasteiger partial charge in [-0.2, -0.15) is 9.78 Å². The van der Waals surface area contributed by atoms with Crippen LogP contribution < -0.4 is 11.2 Å². The smallest absolute Gasteiger partial charge is 0.400 e. The molecule has 3 heterocycles. The van der Waals surface area contributed by atoms with E-state index in [1.54, 1.807) is 30.3 Å². The summed E-state index contributed by atoms with van der Waals surface area (Å²) in [6.45, 7) is 0. The number of rotatable bonds is 6. The lowest BCUT2D eigenvalue weighted by molar-refractivity contribution is -0.402. The Morgan fingerprint density at radius 3 is 2.70 bits per heavy atom. The van der Waals surface area contributed by atoms with Crippen LogP contribution in [0.25, 0.3) is 17.1 Å². The van der Waals surface area contributed by atoms with Crippen LogP contribution in [0.3, 0.4) is 0 Å². The Morgan fingerprint density at radius 1 is 1.23 bits per heavy atom. The quantitative estimate of drug-likeness (QED) is 0.265. The van der Waals surface area contributed by atoms with Crippen LogP contribution >= 0.6 is 0 Å². The highest BCUT2D eigenvalue weighted by Crippen LogP contribution is 2.26. The van der Waals surface area contributed by atoms with Crippen molar-refractivity contribution in [3.63, 3.8) is 0 Å². The minimum Gasteiger partial charge on any atom is -0.400 e. The second-order valence-electron chi connectivity index (χ2n) is 5.67. The Labute approximate surface area is 166 Å². The van der Waals surface area contributed by atoms with E-state index in [1.807, 2.05) is 0 Å². The van der Waals surface area contributed by atoms with E-state index in [4.69, 9.17) is 10.2 Å². The maximum absolute atomic E-state index is 12.6. The third-order valence-corrected chi connectivity index (χ3v) is 3.78. The molecular formula is C16H11N9O5. The fourth-order valence-electron chi connectivity index (χ4n) is 2.49. The van der Waals surface area contributed by atoms with Crippen molar-refractivity contribution < 1.29 is 18.8 Å². The topological polar surface area (TPSA) is 193 Å². The molecule has 30 heavy (non-hydrogen) atoms. The Morgan fingerprint density at radius 2 is 2.03 bits per heavy atom. The maximum Gasteiger partial charge on any atom is 0.433 e. The highest BCUT2D eigenvalue weighted by Gasteiger charge is 2.25. The summed E-state index contributed by atoms with van der Waals surface area (Å²) in [5.74, 6) is -1.05. The van der Waals surface area contributed by atoms with E-state index in [-0.39, 0.29) is 28.8 Å². The molecule has 0 fully saturated rings. The number of hydrogen-bond acceptors (Lipinski definition) is 11. The van der Waals surface area contributed by atoms with Crippen molar-refractivity contribution >= 4 is 23.8 Å². The molecule has 4 rings (SSSR count). The van der Waals surface area contributed by atoms with Crippen molar-refractivity contribution in [3.8, 4) is 17.1 Å². The first-order valence-corrected chi connectivity index (χ1v) is 8.21. The normalized spacial score (nSPS) is 11.1. The number of hydrazone groups is 1. The second-order valence-corrected chi connectivity index (χ2v) is 5.67. The molecular weight excluding hydrogens is 398 g/mol. The van der Waals surface area contributed by atoms with Crippen LogP contribution in [-0.2, 0) is 0 Å². The molecule has 14 heteroatoms. The summed E-state index contributed by atoms with van der Waals surface area (Å²) in [6, 6.07) is 11.3. The van der Waals surface area contributed by atoms with Crippen molar-refractivity contribution in [3.05, 3.63) is 64.0 Å². The van der Waals surface area contributed by atoms with Gasteiger partial charge >= 0.3 is 5.88 Å². The van der Waals surface area contributed by atoms with E-state index in [2.05, 4.69) is 35.8 Å². The zero-order valence-corrected chi connectivity index (χ0v) is 14.9. The Bertz CT molecular complexity index is 1240. The predicted octanol–water partition coefficient (Wildman–Crippen LogP) is 1.16. The summed E-state index contributed by atoms with van der Waals surface area (Å²) in [7, 11) is 0. The molecule has 150 valence electrons. The Kier molecular flexibility index (Phi) is 4.70. The molecule has 0 bridgehead atoms. The average Bonchev–Trinajstić information content (AvgIpc) is 3.47. The van der Waals surface area contributed by atoms with Gasteiger partial charge in [0, 0.05) is 5.56 Å². The number of nitrogens with two attached hydrogens (primary N) is 1. The van der Waals surface area contributed by atoms with Crippen LogP contribution in [0, 0.1) is 10.1 Å². The second kappa shape index (κ2) is 7.63. The number of aromatic nitrogens is 5. The number of carbonyl (C=O) groups excluding carboxylic acids is 1. The monoisotopic (exact) mass is 409 g/mol. The Hall–Kier alpha value is -4.88. The minimum absolute atomic E-state index is 0.0403. The van der Waals surface area contributed by atoms with Gasteiger partial charge in [-0.15, -0.1) is 5.10 Å². The summed E-state index contributed by atoms with van der Waals surface area (Å²) in [4.78, 5) is 22.6. The number of furan rings is 1. The van der Waals surface area contributed by atoms with Crippen LogP contribution in [-0.4, -0.2) is 42.4 Å². The van der Waals surface area contributed by atoms with Gasteiger partial charge in [-0.25, -0.2) is 10.1 Å². The highest BCUT2D eigenvalue weighted by molar-refractivity contribution is 5.98. The Balaban J connectivity index is 1.64. The van der Waals surface area contributed by atoms with Crippen molar-refractivity contribution in [1.29, 1.82) is 0 Å². The SMILES string of the molecule is Nc1nonc1-n1nnc(C(=O)NN=Cc2ccc([N+](=O)[O-])o2)c1-c1ccccc1. The molecule has 0 radical (unpaired) electrons.